The van der Waals surface area contributed by atoms with Crippen molar-refractivity contribution in [2.24, 2.45) is 0 Å². The molecule has 1 saturated heterocycles. The highest BCUT2D eigenvalue weighted by molar-refractivity contribution is 7.10. The number of nitrogens with zero attached hydrogens (tertiary/aromatic N) is 2. The predicted octanol–water partition coefficient (Wildman–Crippen LogP) is 2.90. The lowest BCUT2D eigenvalue weighted by Crippen LogP contribution is -2.51. The van der Waals surface area contributed by atoms with E-state index < -0.39 is 0 Å². The summed E-state index contributed by atoms with van der Waals surface area (Å²) in [5.74, 6) is 0.350. The molecule has 1 aliphatic heterocycles. The third-order valence-corrected chi connectivity index (χ3v) is 5.64. The van der Waals surface area contributed by atoms with Gasteiger partial charge >= 0.3 is 0 Å². The molecule has 25 heavy (non-hydrogen) atoms. The molecule has 1 aromatic heterocycles. The van der Waals surface area contributed by atoms with Gasteiger partial charge in [-0.3, -0.25) is 9.59 Å². The van der Waals surface area contributed by atoms with Crippen LogP contribution in [0.2, 0.25) is 0 Å². The normalized spacial score (nSPS) is 14.6. The number of hydrogen-bond acceptors (Lipinski definition) is 3. The van der Waals surface area contributed by atoms with Crippen LogP contribution in [0.15, 0.2) is 41.8 Å². The van der Waals surface area contributed by atoms with Gasteiger partial charge in [0.05, 0.1) is 6.42 Å². The molecule has 0 aliphatic carbocycles. The zero-order chi connectivity index (χ0) is 17.6. The van der Waals surface area contributed by atoms with Crippen LogP contribution in [0, 0.1) is 6.92 Å². The van der Waals surface area contributed by atoms with Crippen molar-refractivity contribution in [2.45, 2.75) is 26.2 Å². The molecule has 0 spiro atoms. The summed E-state index contributed by atoms with van der Waals surface area (Å²) in [7, 11) is 0. The van der Waals surface area contributed by atoms with Crippen molar-refractivity contribution in [3.63, 3.8) is 0 Å². The number of carbonyl (C=O) groups excluding carboxylic acids is 2. The van der Waals surface area contributed by atoms with Crippen molar-refractivity contribution in [3.8, 4) is 0 Å². The summed E-state index contributed by atoms with van der Waals surface area (Å²) < 4.78 is 0. The number of piperazine rings is 1. The number of rotatable bonds is 5. The van der Waals surface area contributed by atoms with Crippen molar-refractivity contribution in [1.29, 1.82) is 0 Å². The van der Waals surface area contributed by atoms with Crippen LogP contribution >= 0.6 is 11.3 Å². The molecule has 3 rings (SSSR count). The van der Waals surface area contributed by atoms with E-state index in [1.54, 1.807) is 11.3 Å². The highest BCUT2D eigenvalue weighted by atomic mass is 32.1. The van der Waals surface area contributed by atoms with Gasteiger partial charge in [-0.15, -0.1) is 11.3 Å². The quantitative estimate of drug-likeness (QED) is 0.826. The van der Waals surface area contributed by atoms with Gasteiger partial charge in [-0.05, 0) is 35.9 Å². The summed E-state index contributed by atoms with van der Waals surface area (Å²) in [6.07, 6.45) is 1.79. The second-order valence-corrected chi connectivity index (χ2v) is 7.48. The topological polar surface area (TPSA) is 40.6 Å². The van der Waals surface area contributed by atoms with Gasteiger partial charge in [0, 0.05) is 37.5 Å². The second-order valence-electron chi connectivity index (χ2n) is 6.44. The Hall–Kier alpha value is -2.14. The standard InChI is InChI=1S/C20H24N2O2S/c1-16-5-2-3-6-17(16)8-9-19(23)21-10-12-22(13-11-21)20(24)15-18-7-4-14-25-18/h2-7,14H,8-13,15H2,1H3. The van der Waals surface area contributed by atoms with E-state index in [4.69, 9.17) is 0 Å². The van der Waals surface area contributed by atoms with Crippen LogP contribution in [0.25, 0.3) is 0 Å². The molecular formula is C20H24N2O2S. The number of thiophene rings is 1. The smallest absolute Gasteiger partial charge is 0.227 e. The van der Waals surface area contributed by atoms with E-state index in [0.29, 0.717) is 39.0 Å². The predicted molar refractivity (Wildman–Crippen MR) is 101 cm³/mol. The number of hydrogen-bond donors (Lipinski definition) is 0. The highest BCUT2D eigenvalue weighted by Crippen LogP contribution is 2.14. The molecule has 1 aromatic carbocycles. The van der Waals surface area contributed by atoms with Crippen LogP contribution in [0.1, 0.15) is 22.4 Å². The van der Waals surface area contributed by atoms with E-state index in [1.807, 2.05) is 39.4 Å². The van der Waals surface area contributed by atoms with Crippen LogP contribution in [0.4, 0.5) is 0 Å². The zero-order valence-corrected chi connectivity index (χ0v) is 15.4. The van der Waals surface area contributed by atoms with Crippen LogP contribution in [-0.2, 0) is 22.4 Å². The lowest BCUT2D eigenvalue weighted by atomic mass is 10.0. The minimum Gasteiger partial charge on any atom is -0.339 e. The molecule has 0 bridgehead atoms. The van der Waals surface area contributed by atoms with Crippen molar-refractivity contribution in [2.75, 3.05) is 26.2 Å². The second kappa shape index (κ2) is 8.30. The van der Waals surface area contributed by atoms with E-state index in [-0.39, 0.29) is 11.8 Å². The molecule has 0 N–H and O–H groups in total. The van der Waals surface area contributed by atoms with Crippen molar-refractivity contribution in [3.05, 3.63) is 57.8 Å². The fraction of sp³-hybridized carbons (Fsp3) is 0.400. The van der Waals surface area contributed by atoms with Crippen LogP contribution < -0.4 is 0 Å². The first kappa shape index (κ1) is 17.7. The number of aryl methyl sites for hydroxylation is 2. The molecule has 0 radical (unpaired) electrons. The van der Waals surface area contributed by atoms with Crippen LogP contribution in [-0.4, -0.2) is 47.8 Å². The van der Waals surface area contributed by atoms with E-state index in [2.05, 4.69) is 19.1 Å². The average Bonchev–Trinajstić information content (AvgIpc) is 3.14. The molecule has 2 amide bonds. The number of benzene rings is 1. The fourth-order valence-electron chi connectivity index (χ4n) is 3.17. The Bertz CT molecular complexity index is 719. The average molecular weight is 356 g/mol. The maximum atomic E-state index is 12.4. The molecule has 0 unspecified atom stereocenters. The third kappa shape index (κ3) is 4.69. The Morgan fingerprint density at radius 1 is 0.960 bits per heavy atom. The van der Waals surface area contributed by atoms with E-state index in [1.165, 1.54) is 11.1 Å². The Labute approximate surface area is 153 Å². The molecule has 1 fully saturated rings. The van der Waals surface area contributed by atoms with E-state index >= 15 is 0 Å². The summed E-state index contributed by atoms with van der Waals surface area (Å²) in [5.41, 5.74) is 2.47. The lowest BCUT2D eigenvalue weighted by molar-refractivity contribution is -0.139. The first-order valence-corrected chi connectivity index (χ1v) is 9.64. The van der Waals surface area contributed by atoms with Crippen LogP contribution in [0.5, 0.6) is 0 Å². The van der Waals surface area contributed by atoms with Gasteiger partial charge in [-0.2, -0.15) is 0 Å². The van der Waals surface area contributed by atoms with Gasteiger partial charge in [-0.1, -0.05) is 30.3 Å². The molecular weight excluding hydrogens is 332 g/mol. The molecule has 1 aliphatic rings. The summed E-state index contributed by atoms with van der Waals surface area (Å²) in [6.45, 7) is 4.64. The minimum atomic E-state index is 0.162. The molecule has 0 atom stereocenters. The molecule has 0 saturated carbocycles. The summed E-state index contributed by atoms with van der Waals surface area (Å²) >= 11 is 1.61. The van der Waals surface area contributed by atoms with E-state index in [9.17, 15) is 9.59 Å². The maximum absolute atomic E-state index is 12.4. The molecule has 4 nitrogen and oxygen atoms in total. The Morgan fingerprint density at radius 3 is 2.28 bits per heavy atom. The van der Waals surface area contributed by atoms with Gasteiger partial charge in [-0.25, -0.2) is 0 Å². The Morgan fingerprint density at radius 2 is 1.64 bits per heavy atom. The fourth-order valence-corrected chi connectivity index (χ4v) is 3.87. The highest BCUT2D eigenvalue weighted by Gasteiger charge is 2.24. The first-order chi connectivity index (χ1) is 12.1. The number of carbonyl (C=O) groups is 2. The van der Waals surface area contributed by atoms with Crippen LogP contribution in [0.3, 0.4) is 0 Å². The van der Waals surface area contributed by atoms with Crippen molar-refractivity contribution >= 4 is 23.2 Å². The van der Waals surface area contributed by atoms with Gasteiger partial charge in [0.15, 0.2) is 0 Å². The Kier molecular flexibility index (Phi) is 5.87. The summed E-state index contributed by atoms with van der Waals surface area (Å²) in [6, 6.07) is 12.2. The third-order valence-electron chi connectivity index (χ3n) is 4.76. The van der Waals surface area contributed by atoms with Gasteiger partial charge in [0.1, 0.15) is 0 Å². The first-order valence-electron chi connectivity index (χ1n) is 8.76. The largest absolute Gasteiger partial charge is 0.339 e. The van der Waals surface area contributed by atoms with Crippen molar-refractivity contribution < 1.29 is 9.59 Å². The SMILES string of the molecule is Cc1ccccc1CCC(=O)N1CCN(C(=O)Cc2cccs2)CC1. The lowest BCUT2D eigenvalue weighted by Gasteiger charge is -2.35. The number of amides is 2. The molecule has 132 valence electrons. The summed E-state index contributed by atoms with van der Waals surface area (Å²) in [4.78, 5) is 29.6. The Balaban J connectivity index is 1.44. The van der Waals surface area contributed by atoms with Gasteiger partial charge < -0.3 is 9.80 Å². The van der Waals surface area contributed by atoms with Crippen molar-refractivity contribution in [1.82, 2.24) is 9.80 Å². The van der Waals surface area contributed by atoms with Gasteiger partial charge in [0.2, 0.25) is 11.8 Å². The van der Waals surface area contributed by atoms with E-state index in [0.717, 1.165) is 11.3 Å². The molecule has 2 heterocycles. The summed E-state index contributed by atoms with van der Waals surface area (Å²) in [5, 5.41) is 1.99. The maximum Gasteiger partial charge on any atom is 0.227 e. The molecule has 2 aromatic rings. The molecule has 5 heteroatoms. The zero-order valence-electron chi connectivity index (χ0n) is 14.6. The minimum absolute atomic E-state index is 0.162. The monoisotopic (exact) mass is 356 g/mol. The van der Waals surface area contributed by atoms with Gasteiger partial charge in [0.25, 0.3) is 0 Å².